The summed E-state index contributed by atoms with van der Waals surface area (Å²) in [6, 6.07) is 4.25. The van der Waals surface area contributed by atoms with Gasteiger partial charge in [-0.05, 0) is 31.5 Å². The fourth-order valence-corrected chi connectivity index (χ4v) is 3.93. The highest BCUT2D eigenvalue weighted by Crippen LogP contribution is 2.32. The molecule has 0 aliphatic carbocycles. The molecule has 1 fully saturated rings. The van der Waals surface area contributed by atoms with Crippen molar-refractivity contribution in [3.05, 3.63) is 53.2 Å². The molecule has 170 valence electrons. The van der Waals surface area contributed by atoms with Gasteiger partial charge in [0.15, 0.2) is 11.6 Å². The van der Waals surface area contributed by atoms with E-state index in [1.165, 1.54) is 17.0 Å². The van der Waals surface area contributed by atoms with Crippen LogP contribution in [0.4, 0.5) is 13.2 Å². The van der Waals surface area contributed by atoms with E-state index >= 15 is 0 Å². The lowest BCUT2D eigenvalue weighted by molar-refractivity contribution is -0.137. The lowest BCUT2D eigenvalue weighted by Crippen LogP contribution is -2.41. The Balaban J connectivity index is 1.49. The highest BCUT2D eigenvalue weighted by molar-refractivity contribution is 5.94. The first-order chi connectivity index (χ1) is 15.1. The zero-order chi connectivity index (χ0) is 23.0. The maximum absolute atomic E-state index is 13.0. The number of aromatic nitrogens is 5. The Kier molecular flexibility index (Phi) is 5.76. The van der Waals surface area contributed by atoms with Gasteiger partial charge in [0, 0.05) is 38.7 Å². The van der Waals surface area contributed by atoms with Crippen LogP contribution in [-0.4, -0.2) is 55.2 Å². The van der Waals surface area contributed by atoms with Gasteiger partial charge in [0.05, 0.1) is 17.6 Å². The zero-order valence-electron chi connectivity index (χ0n) is 17.8. The summed E-state index contributed by atoms with van der Waals surface area (Å²) < 4.78 is 46.7. The van der Waals surface area contributed by atoms with E-state index in [0.29, 0.717) is 31.1 Å². The zero-order valence-corrected chi connectivity index (χ0v) is 17.8. The summed E-state index contributed by atoms with van der Waals surface area (Å²) in [4.78, 5) is 21.8. The van der Waals surface area contributed by atoms with Crippen molar-refractivity contribution in [2.45, 2.75) is 38.1 Å². The number of ether oxygens (including phenoxy) is 1. The lowest BCUT2D eigenvalue weighted by atomic mass is 10.00. The van der Waals surface area contributed by atoms with E-state index in [1.807, 2.05) is 18.5 Å². The number of benzene rings is 1. The summed E-state index contributed by atoms with van der Waals surface area (Å²) in [5.41, 5.74) is 0.775. The van der Waals surface area contributed by atoms with Crippen LogP contribution in [0.2, 0.25) is 0 Å². The average Bonchev–Trinajstić information content (AvgIpc) is 3.38. The molecule has 4 rings (SSSR count). The molecular formula is C21H23F3N6O2. The smallest absolute Gasteiger partial charge is 0.370 e. The average molecular weight is 448 g/mol. The third kappa shape index (κ3) is 4.24. The second kappa shape index (κ2) is 8.38. The maximum atomic E-state index is 13.0. The number of amides is 1. The first-order valence-electron chi connectivity index (χ1n) is 10.1. The van der Waals surface area contributed by atoms with E-state index in [9.17, 15) is 18.0 Å². The Bertz CT molecular complexity index is 1100. The molecule has 2 aromatic heterocycles. The van der Waals surface area contributed by atoms with E-state index in [0.717, 1.165) is 23.5 Å². The standard InChI is InChI=1S/C21H23F3N6O2/c1-12-17(29(2)11-25-12)19-26-18(27-28-19)16-10-15(7-8-32-16)30(3)20(31)13-5-4-6-14(9-13)21(22,23)24/h4-6,9,11,15-16H,7-8,10H2,1-3H3,(H,26,27,28). The molecule has 3 heterocycles. The van der Waals surface area contributed by atoms with Gasteiger partial charge in [0.25, 0.3) is 5.91 Å². The first kappa shape index (κ1) is 22.0. The van der Waals surface area contributed by atoms with Crippen molar-refractivity contribution in [2.75, 3.05) is 13.7 Å². The molecule has 11 heteroatoms. The molecule has 0 bridgehead atoms. The van der Waals surface area contributed by atoms with Gasteiger partial charge in [-0.3, -0.25) is 4.79 Å². The Hall–Kier alpha value is -3.21. The number of nitrogens with one attached hydrogen (secondary N) is 1. The molecule has 1 aliphatic heterocycles. The normalized spacial score (nSPS) is 19.2. The van der Waals surface area contributed by atoms with Gasteiger partial charge in [-0.2, -0.15) is 13.2 Å². The minimum atomic E-state index is -4.51. The minimum absolute atomic E-state index is 0.000925. The lowest BCUT2D eigenvalue weighted by Gasteiger charge is -2.34. The fourth-order valence-electron chi connectivity index (χ4n) is 3.93. The largest absolute Gasteiger partial charge is 0.416 e. The van der Waals surface area contributed by atoms with E-state index < -0.39 is 23.8 Å². The number of imidazole rings is 1. The van der Waals surface area contributed by atoms with Gasteiger partial charge in [0.1, 0.15) is 11.8 Å². The van der Waals surface area contributed by atoms with Gasteiger partial charge in [-0.25, -0.2) is 4.98 Å². The van der Waals surface area contributed by atoms with Gasteiger partial charge in [-0.1, -0.05) is 6.07 Å². The predicted molar refractivity (Wildman–Crippen MR) is 109 cm³/mol. The number of rotatable bonds is 4. The number of carbonyl (C=O) groups excluding carboxylic acids is 1. The molecule has 0 saturated carbocycles. The van der Waals surface area contributed by atoms with E-state index in [4.69, 9.17) is 4.74 Å². The SMILES string of the molecule is Cc1ncn(C)c1-c1nnc(C2CC(N(C)C(=O)c3cccc(C(F)(F)F)c3)CCO2)[nH]1. The molecule has 1 N–H and O–H groups in total. The van der Waals surface area contributed by atoms with E-state index in [-0.39, 0.29) is 11.6 Å². The van der Waals surface area contributed by atoms with Crippen molar-refractivity contribution in [1.29, 1.82) is 0 Å². The molecule has 2 unspecified atom stereocenters. The van der Waals surface area contributed by atoms with Crippen molar-refractivity contribution >= 4 is 5.91 Å². The van der Waals surface area contributed by atoms with Gasteiger partial charge >= 0.3 is 6.18 Å². The number of aryl methyl sites for hydroxylation is 2. The number of H-pyrrole nitrogens is 1. The summed E-state index contributed by atoms with van der Waals surface area (Å²) in [7, 11) is 3.46. The Morgan fingerprint density at radius 2 is 2.09 bits per heavy atom. The third-order valence-electron chi connectivity index (χ3n) is 5.71. The minimum Gasteiger partial charge on any atom is -0.370 e. The van der Waals surface area contributed by atoms with Crippen LogP contribution in [0.5, 0.6) is 0 Å². The van der Waals surface area contributed by atoms with Crippen LogP contribution in [0.15, 0.2) is 30.6 Å². The molecule has 2 atom stereocenters. The van der Waals surface area contributed by atoms with Crippen molar-refractivity contribution in [3.63, 3.8) is 0 Å². The Morgan fingerprint density at radius 3 is 2.78 bits per heavy atom. The van der Waals surface area contributed by atoms with Crippen molar-refractivity contribution in [1.82, 2.24) is 29.6 Å². The summed E-state index contributed by atoms with van der Waals surface area (Å²) >= 11 is 0. The number of alkyl halides is 3. The first-order valence-corrected chi connectivity index (χ1v) is 10.1. The molecule has 32 heavy (non-hydrogen) atoms. The van der Waals surface area contributed by atoms with Crippen LogP contribution in [0, 0.1) is 6.92 Å². The number of halogens is 3. The number of nitrogens with zero attached hydrogens (tertiary/aromatic N) is 5. The van der Waals surface area contributed by atoms with Crippen LogP contribution in [-0.2, 0) is 18.0 Å². The maximum Gasteiger partial charge on any atom is 0.416 e. The van der Waals surface area contributed by atoms with Crippen LogP contribution in [0.1, 0.15) is 46.4 Å². The van der Waals surface area contributed by atoms with E-state index in [1.54, 1.807) is 13.4 Å². The van der Waals surface area contributed by atoms with Crippen molar-refractivity contribution in [2.24, 2.45) is 7.05 Å². The Labute approximate surface area is 182 Å². The van der Waals surface area contributed by atoms with Crippen LogP contribution < -0.4 is 0 Å². The molecule has 3 aromatic rings. The molecule has 1 aromatic carbocycles. The molecule has 1 saturated heterocycles. The topological polar surface area (TPSA) is 88.9 Å². The molecule has 0 radical (unpaired) electrons. The van der Waals surface area contributed by atoms with Crippen molar-refractivity contribution in [3.8, 4) is 11.5 Å². The molecule has 1 aliphatic rings. The molecule has 0 spiro atoms. The molecular weight excluding hydrogens is 425 g/mol. The molecule has 1 amide bonds. The predicted octanol–water partition coefficient (Wildman–Crippen LogP) is 3.52. The highest BCUT2D eigenvalue weighted by atomic mass is 19.4. The number of aromatic amines is 1. The van der Waals surface area contributed by atoms with Crippen LogP contribution in [0.25, 0.3) is 11.5 Å². The second-order valence-electron chi connectivity index (χ2n) is 7.88. The summed E-state index contributed by atoms with van der Waals surface area (Å²) in [6.07, 6.45) is -2.22. The van der Waals surface area contributed by atoms with Gasteiger partial charge in [0.2, 0.25) is 0 Å². The number of hydrogen-bond donors (Lipinski definition) is 1. The second-order valence-corrected chi connectivity index (χ2v) is 7.88. The monoisotopic (exact) mass is 448 g/mol. The fraction of sp³-hybridized carbons (Fsp3) is 0.429. The van der Waals surface area contributed by atoms with Gasteiger partial charge < -0.3 is 19.2 Å². The van der Waals surface area contributed by atoms with Gasteiger partial charge in [-0.15, -0.1) is 10.2 Å². The van der Waals surface area contributed by atoms with Crippen LogP contribution in [0.3, 0.4) is 0 Å². The third-order valence-corrected chi connectivity index (χ3v) is 5.71. The molecule has 8 nitrogen and oxygen atoms in total. The summed E-state index contributed by atoms with van der Waals surface area (Å²) in [6.45, 7) is 2.26. The Morgan fingerprint density at radius 1 is 1.31 bits per heavy atom. The number of carbonyl (C=O) groups is 1. The summed E-state index contributed by atoms with van der Waals surface area (Å²) in [5.74, 6) is 0.632. The number of hydrogen-bond acceptors (Lipinski definition) is 5. The quantitative estimate of drug-likeness (QED) is 0.660. The van der Waals surface area contributed by atoms with Crippen molar-refractivity contribution < 1.29 is 22.7 Å². The van der Waals surface area contributed by atoms with Crippen LogP contribution >= 0.6 is 0 Å². The summed E-state index contributed by atoms with van der Waals surface area (Å²) in [5, 5.41) is 8.42. The highest BCUT2D eigenvalue weighted by Gasteiger charge is 2.34. The van der Waals surface area contributed by atoms with E-state index in [2.05, 4.69) is 20.2 Å².